The van der Waals surface area contributed by atoms with Gasteiger partial charge in [0.15, 0.2) is 0 Å². The number of ether oxygens (including phenoxy) is 1. The lowest BCUT2D eigenvalue weighted by Gasteiger charge is -2.09. The number of carbonyl (C=O) groups is 1. The van der Waals surface area contributed by atoms with E-state index >= 15 is 0 Å². The molecule has 1 aromatic rings. The van der Waals surface area contributed by atoms with Crippen molar-refractivity contribution >= 4 is 11.7 Å². The molecule has 0 aliphatic rings. The summed E-state index contributed by atoms with van der Waals surface area (Å²) in [5.41, 5.74) is 0.559. The van der Waals surface area contributed by atoms with Gasteiger partial charge >= 0.3 is 5.97 Å². The van der Waals surface area contributed by atoms with Gasteiger partial charge in [-0.15, -0.1) is 0 Å². The number of halogens is 1. The van der Waals surface area contributed by atoms with Gasteiger partial charge in [-0.05, 0) is 18.2 Å². The zero-order valence-corrected chi connectivity index (χ0v) is 8.29. The van der Waals surface area contributed by atoms with Gasteiger partial charge in [0, 0.05) is 6.54 Å². The summed E-state index contributed by atoms with van der Waals surface area (Å²) >= 11 is 0. The first kappa shape index (κ1) is 11.5. The Kier molecular flexibility index (Phi) is 4.05. The normalized spacial score (nSPS) is 9.80. The number of benzene rings is 1. The molecule has 15 heavy (non-hydrogen) atoms. The maximum Gasteiger partial charge on any atom is 0.339 e. The molecule has 0 radical (unpaired) electrons. The van der Waals surface area contributed by atoms with Gasteiger partial charge in [0.2, 0.25) is 0 Å². The lowest BCUT2D eigenvalue weighted by Crippen LogP contribution is -2.11. The maximum absolute atomic E-state index is 12.9. The van der Waals surface area contributed by atoms with E-state index in [1.807, 2.05) is 0 Å². The van der Waals surface area contributed by atoms with Crippen molar-refractivity contribution in [3.05, 3.63) is 29.6 Å². The molecule has 5 heteroatoms. The number of aliphatic hydroxyl groups excluding tert-OH is 1. The minimum Gasteiger partial charge on any atom is -0.465 e. The van der Waals surface area contributed by atoms with Gasteiger partial charge in [0.05, 0.1) is 25.0 Å². The predicted octanol–water partition coefficient (Wildman–Crippen LogP) is 1.02. The lowest BCUT2D eigenvalue weighted by molar-refractivity contribution is 0.0601. The highest BCUT2D eigenvalue weighted by atomic mass is 19.1. The highest BCUT2D eigenvalue weighted by molar-refractivity contribution is 5.95. The summed E-state index contributed by atoms with van der Waals surface area (Å²) in [6.07, 6.45) is 0. The average molecular weight is 213 g/mol. The first-order chi connectivity index (χ1) is 7.19. The molecule has 0 aliphatic heterocycles. The molecule has 0 fully saturated rings. The molecule has 0 aliphatic carbocycles. The summed E-state index contributed by atoms with van der Waals surface area (Å²) in [7, 11) is 1.25. The molecular formula is C10H12FNO3. The van der Waals surface area contributed by atoms with E-state index in [9.17, 15) is 9.18 Å². The first-order valence-corrected chi connectivity index (χ1v) is 4.41. The van der Waals surface area contributed by atoms with Crippen molar-refractivity contribution in [1.82, 2.24) is 0 Å². The minimum atomic E-state index is -0.546. The second-order valence-corrected chi connectivity index (χ2v) is 2.83. The van der Waals surface area contributed by atoms with Gasteiger partial charge in [0.25, 0.3) is 0 Å². The number of aliphatic hydroxyl groups is 1. The molecule has 1 rings (SSSR count). The second kappa shape index (κ2) is 5.31. The monoisotopic (exact) mass is 213 g/mol. The Morgan fingerprint density at radius 2 is 2.33 bits per heavy atom. The van der Waals surface area contributed by atoms with Gasteiger partial charge in [-0.3, -0.25) is 0 Å². The van der Waals surface area contributed by atoms with E-state index in [2.05, 4.69) is 10.1 Å². The van der Waals surface area contributed by atoms with Crippen LogP contribution in [0.4, 0.5) is 10.1 Å². The van der Waals surface area contributed by atoms with Crippen molar-refractivity contribution < 1.29 is 19.0 Å². The van der Waals surface area contributed by atoms with Crippen LogP contribution >= 0.6 is 0 Å². The Labute approximate surface area is 86.7 Å². The Bertz CT molecular complexity index is 355. The van der Waals surface area contributed by atoms with Crippen LogP contribution in [0.3, 0.4) is 0 Å². The molecule has 0 saturated heterocycles. The molecule has 0 saturated carbocycles. The number of hydrogen-bond acceptors (Lipinski definition) is 4. The number of nitrogens with one attached hydrogen (secondary N) is 1. The second-order valence-electron chi connectivity index (χ2n) is 2.83. The van der Waals surface area contributed by atoms with Crippen LogP contribution in [0.25, 0.3) is 0 Å². The Morgan fingerprint density at radius 1 is 1.60 bits per heavy atom. The summed E-state index contributed by atoms with van der Waals surface area (Å²) in [6.45, 7) is 0.143. The largest absolute Gasteiger partial charge is 0.465 e. The van der Waals surface area contributed by atoms with Crippen LogP contribution < -0.4 is 5.32 Å². The summed E-state index contributed by atoms with van der Waals surface area (Å²) in [6, 6.07) is 3.69. The van der Waals surface area contributed by atoms with Crippen LogP contribution in [0.5, 0.6) is 0 Å². The summed E-state index contributed by atoms with van der Waals surface area (Å²) in [5, 5.41) is 11.3. The fourth-order valence-electron chi connectivity index (χ4n) is 1.14. The quantitative estimate of drug-likeness (QED) is 0.733. The minimum absolute atomic E-state index is 0.100. The van der Waals surface area contributed by atoms with E-state index in [-0.39, 0.29) is 18.7 Å². The Balaban J connectivity index is 2.97. The van der Waals surface area contributed by atoms with E-state index < -0.39 is 11.8 Å². The van der Waals surface area contributed by atoms with E-state index in [0.717, 1.165) is 0 Å². The molecule has 0 unspecified atom stereocenters. The molecule has 0 atom stereocenters. The number of hydrogen-bond donors (Lipinski definition) is 2. The van der Waals surface area contributed by atoms with Crippen molar-refractivity contribution in [2.45, 2.75) is 0 Å². The zero-order chi connectivity index (χ0) is 11.3. The lowest BCUT2D eigenvalue weighted by atomic mass is 10.1. The summed E-state index contributed by atoms with van der Waals surface area (Å²) < 4.78 is 17.4. The van der Waals surface area contributed by atoms with Crippen molar-refractivity contribution in [2.24, 2.45) is 0 Å². The Morgan fingerprint density at radius 3 is 2.93 bits per heavy atom. The fraction of sp³-hybridized carbons (Fsp3) is 0.300. The number of anilines is 1. The fourth-order valence-corrected chi connectivity index (χ4v) is 1.14. The molecular weight excluding hydrogens is 201 g/mol. The molecule has 4 nitrogen and oxygen atoms in total. The van der Waals surface area contributed by atoms with Crippen LogP contribution in [0.15, 0.2) is 18.2 Å². The number of esters is 1. The highest BCUT2D eigenvalue weighted by Gasteiger charge is 2.11. The van der Waals surface area contributed by atoms with Gasteiger partial charge < -0.3 is 15.2 Å². The van der Waals surface area contributed by atoms with Crippen molar-refractivity contribution in [2.75, 3.05) is 25.6 Å². The smallest absolute Gasteiger partial charge is 0.339 e. The van der Waals surface area contributed by atoms with E-state index in [0.29, 0.717) is 5.69 Å². The summed E-state index contributed by atoms with van der Waals surface area (Å²) in [5.74, 6) is -1.00. The van der Waals surface area contributed by atoms with Crippen LogP contribution in [0, 0.1) is 5.82 Å². The van der Waals surface area contributed by atoms with Crippen molar-refractivity contribution in [3.8, 4) is 0 Å². The molecule has 2 N–H and O–H groups in total. The van der Waals surface area contributed by atoms with Gasteiger partial charge in [-0.2, -0.15) is 0 Å². The molecule has 0 amide bonds. The molecule has 0 bridgehead atoms. The molecule has 0 aromatic heterocycles. The van der Waals surface area contributed by atoms with Gasteiger partial charge in [0.1, 0.15) is 5.82 Å². The topological polar surface area (TPSA) is 58.6 Å². The van der Waals surface area contributed by atoms with Gasteiger partial charge in [-0.1, -0.05) is 0 Å². The van der Waals surface area contributed by atoms with Gasteiger partial charge in [-0.25, -0.2) is 9.18 Å². The number of rotatable bonds is 4. The van der Waals surface area contributed by atoms with E-state index in [1.165, 1.54) is 25.3 Å². The van der Waals surface area contributed by atoms with Crippen molar-refractivity contribution in [3.63, 3.8) is 0 Å². The summed E-state index contributed by atoms with van der Waals surface area (Å²) in [4.78, 5) is 11.3. The van der Waals surface area contributed by atoms with Crippen LogP contribution in [-0.4, -0.2) is 31.3 Å². The molecule has 0 heterocycles. The third kappa shape index (κ3) is 2.92. The first-order valence-electron chi connectivity index (χ1n) is 4.41. The van der Waals surface area contributed by atoms with Crippen LogP contribution in [-0.2, 0) is 4.74 Å². The van der Waals surface area contributed by atoms with Crippen LogP contribution in [0.1, 0.15) is 10.4 Å². The zero-order valence-electron chi connectivity index (χ0n) is 8.29. The number of carbonyl (C=O) groups excluding carboxylic acids is 1. The number of methoxy groups -OCH3 is 1. The third-order valence-corrected chi connectivity index (χ3v) is 1.81. The average Bonchev–Trinajstić information content (AvgIpc) is 2.25. The highest BCUT2D eigenvalue weighted by Crippen LogP contribution is 2.17. The standard InChI is InChI=1S/C10H12FNO3/c1-15-10(14)8-3-2-7(11)6-9(8)12-4-5-13/h2-3,6,12-13H,4-5H2,1H3. The Hall–Kier alpha value is -1.62. The predicted molar refractivity (Wildman–Crippen MR) is 53.3 cm³/mol. The molecule has 1 aromatic carbocycles. The molecule has 0 spiro atoms. The van der Waals surface area contributed by atoms with Crippen LogP contribution in [0.2, 0.25) is 0 Å². The van der Waals surface area contributed by atoms with Crippen molar-refractivity contribution in [1.29, 1.82) is 0 Å². The SMILES string of the molecule is COC(=O)c1ccc(F)cc1NCCO. The molecule has 82 valence electrons. The third-order valence-electron chi connectivity index (χ3n) is 1.81. The van der Waals surface area contributed by atoms with E-state index in [4.69, 9.17) is 5.11 Å². The maximum atomic E-state index is 12.9. The van der Waals surface area contributed by atoms with E-state index in [1.54, 1.807) is 0 Å².